The number of rotatable bonds is 4. The number of pyridine rings is 1. The summed E-state index contributed by atoms with van der Waals surface area (Å²) in [6, 6.07) is 6.09. The summed E-state index contributed by atoms with van der Waals surface area (Å²) in [5.74, 6) is -4.75. The largest absolute Gasteiger partial charge is 0.490 e. The van der Waals surface area contributed by atoms with Crippen LogP contribution in [0, 0.1) is 0 Å². The first-order valence-corrected chi connectivity index (χ1v) is 10.6. The predicted octanol–water partition coefficient (Wildman–Crippen LogP) is 3.09. The minimum Gasteiger partial charge on any atom is -0.475 e. The minimum absolute atomic E-state index is 0.0318. The van der Waals surface area contributed by atoms with Gasteiger partial charge in [0.15, 0.2) is 0 Å². The van der Waals surface area contributed by atoms with E-state index in [0.717, 1.165) is 37.5 Å². The van der Waals surface area contributed by atoms with Crippen molar-refractivity contribution >= 4 is 17.9 Å². The third-order valence-electron chi connectivity index (χ3n) is 4.96. The fourth-order valence-electron chi connectivity index (χ4n) is 3.41. The molecule has 2 saturated heterocycles. The van der Waals surface area contributed by atoms with Gasteiger partial charge in [-0.2, -0.15) is 26.3 Å². The van der Waals surface area contributed by atoms with Gasteiger partial charge in [-0.25, -0.2) is 19.6 Å². The number of alkyl halides is 6. The number of carboxylic acids is 2. The van der Waals surface area contributed by atoms with Crippen LogP contribution in [0.2, 0.25) is 0 Å². The minimum atomic E-state index is -5.08. The Labute approximate surface area is 205 Å². The van der Waals surface area contributed by atoms with Crippen LogP contribution < -0.4 is 4.90 Å². The number of fused-ring (bicyclic) bond motifs is 1. The molecule has 0 aliphatic carbocycles. The molecule has 4 heterocycles. The summed E-state index contributed by atoms with van der Waals surface area (Å²) < 4.78 is 75.6. The molecule has 2 aromatic heterocycles. The summed E-state index contributed by atoms with van der Waals surface area (Å²) in [5.41, 5.74) is 1.08. The number of ether oxygens (including phenoxy) is 2. The molecule has 37 heavy (non-hydrogen) atoms. The Morgan fingerprint density at radius 1 is 1.03 bits per heavy atom. The molecule has 0 amide bonds. The maximum absolute atomic E-state index is 10.6. The van der Waals surface area contributed by atoms with Crippen LogP contribution in [0.5, 0.6) is 0 Å². The van der Waals surface area contributed by atoms with E-state index in [1.807, 2.05) is 24.4 Å². The van der Waals surface area contributed by atoms with Crippen LogP contribution in [0.4, 0.5) is 32.3 Å². The SMILES string of the molecule is O=C(O)C(F)(F)F.O=C(O)C(F)(F)F.c1cnc(N2C[C@H](OCc3cccnc3)[C@H]3OCCC[C@H]32)nc1. The second-order valence-corrected chi connectivity index (χ2v) is 7.56. The Kier molecular flexibility index (Phi) is 10.5. The fraction of sp³-hybridized carbons (Fsp3) is 0.476. The number of nitrogens with zero attached hydrogens (tertiary/aromatic N) is 4. The number of hydrogen-bond acceptors (Lipinski definition) is 8. The van der Waals surface area contributed by atoms with Crippen molar-refractivity contribution in [1.29, 1.82) is 0 Å². The highest BCUT2D eigenvalue weighted by molar-refractivity contribution is 5.73. The zero-order valence-corrected chi connectivity index (χ0v) is 18.9. The number of anilines is 1. The van der Waals surface area contributed by atoms with Crippen molar-refractivity contribution < 1.29 is 55.6 Å². The van der Waals surface area contributed by atoms with Gasteiger partial charge in [0.2, 0.25) is 5.95 Å². The molecule has 3 atom stereocenters. The summed E-state index contributed by atoms with van der Waals surface area (Å²) in [7, 11) is 0. The van der Waals surface area contributed by atoms with Gasteiger partial charge in [0, 0.05) is 31.4 Å². The smallest absolute Gasteiger partial charge is 0.475 e. The molecule has 0 radical (unpaired) electrons. The van der Waals surface area contributed by atoms with Gasteiger partial charge in [-0.1, -0.05) is 6.07 Å². The van der Waals surface area contributed by atoms with Crippen molar-refractivity contribution in [3.8, 4) is 0 Å². The van der Waals surface area contributed by atoms with Crippen molar-refractivity contribution in [2.45, 2.75) is 50.1 Å². The molecule has 10 nitrogen and oxygen atoms in total. The molecule has 16 heteroatoms. The Balaban J connectivity index is 0.000000286. The third kappa shape index (κ3) is 9.45. The molecule has 2 aliphatic rings. The molecule has 204 valence electrons. The third-order valence-corrected chi connectivity index (χ3v) is 4.96. The lowest BCUT2D eigenvalue weighted by molar-refractivity contribution is -0.193. The lowest BCUT2D eigenvalue weighted by Gasteiger charge is -2.32. The van der Waals surface area contributed by atoms with Crippen molar-refractivity contribution in [3.05, 3.63) is 48.5 Å². The fourth-order valence-corrected chi connectivity index (χ4v) is 3.41. The van der Waals surface area contributed by atoms with E-state index in [0.29, 0.717) is 12.6 Å². The number of carbonyl (C=O) groups is 2. The highest BCUT2D eigenvalue weighted by atomic mass is 19.4. The van der Waals surface area contributed by atoms with Crippen molar-refractivity contribution in [2.24, 2.45) is 0 Å². The molecular formula is C21H22F6N4O6. The normalized spacial score (nSPS) is 21.0. The maximum atomic E-state index is 10.6. The van der Waals surface area contributed by atoms with Gasteiger partial charge >= 0.3 is 24.3 Å². The van der Waals surface area contributed by atoms with E-state index in [-0.39, 0.29) is 12.2 Å². The Bertz CT molecular complexity index is 973. The van der Waals surface area contributed by atoms with Gasteiger partial charge in [-0.3, -0.25) is 4.98 Å². The van der Waals surface area contributed by atoms with Gasteiger partial charge in [-0.15, -0.1) is 0 Å². The van der Waals surface area contributed by atoms with Gasteiger partial charge in [-0.05, 0) is 30.5 Å². The zero-order valence-electron chi connectivity index (χ0n) is 18.9. The van der Waals surface area contributed by atoms with E-state index in [4.69, 9.17) is 29.3 Å². The average Bonchev–Trinajstić information content (AvgIpc) is 3.22. The van der Waals surface area contributed by atoms with Crippen LogP contribution in [-0.2, 0) is 25.7 Å². The highest BCUT2D eigenvalue weighted by Crippen LogP contribution is 2.33. The second-order valence-electron chi connectivity index (χ2n) is 7.56. The standard InChI is InChI=1S/C17H20N4O2.2C2HF3O2/c1-4-13(10-18-6-1)12-23-15-11-21(17-19-7-3-8-20-17)14-5-2-9-22-16(14)15;2*3-2(4,5)1(6)7/h1,3-4,6-8,10,14-16H,2,5,9,11-12H2;2*(H,6,7)/t14-,15+,16+;;/m1../s1. The number of halogens is 6. The first-order chi connectivity index (χ1) is 17.3. The monoisotopic (exact) mass is 540 g/mol. The second kappa shape index (κ2) is 13.1. The lowest BCUT2D eigenvalue weighted by atomic mass is 10.0. The van der Waals surface area contributed by atoms with Crippen LogP contribution in [-0.4, -0.2) is 80.9 Å². The summed E-state index contributed by atoms with van der Waals surface area (Å²) >= 11 is 0. The van der Waals surface area contributed by atoms with E-state index in [1.54, 1.807) is 18.6 Å². The number of aliphatic carboxylic acids is 2. The molecule has 2 aliphatic heterocycles. The van der Waals surface area contributed by atoms with E-state index >= 15 is 0 Å². The Morgan fingerprint density at radius 2 is 1.62 bits per heavy atom. The van der Waals surface area contributed by atoms with Gasteiger partial charge in [0.1, 0.15) is 12.2 Å². The topological polar surface area (TPSA) is 135 Å². The molecule has 0 aromatic carbocycles. The van der Waals surface area contributed by atoms with Crippen LogP contribution in [0.25, 0.3) is 0 Å². The van der Waals surface area contributed by atoms with Crippen LogP contribution in [0.1, 0.15) is 18.4 Å². The summed E-state index contributed by atoms with van der Waals surface area (Å²) in [5, 5.41) is 14.2. The quantitative estimate of drug-likeness (QED) is 0.557. The van der Waals surface area contributed by atoms with Crippen LogP contribution in [0.15, 0.2) is 43.0 Å². The van der Waals surface area contributed by atoms with E-state index in [1.165, 1.54) is 0 Å². The summed E-state index contributed by atoms with van der Waals surface area (Å²) in [4.78, 5) is 33.0. The van der Waals surface area contributed by atoms with Gasteiger partial charge in [0.05, 0.1) is 19.2 Å². The number of hydrogen-bond donors (Lipinski definition) is 2. The Morgan fingerprint density at radius 3 is 2.14 bits per heavy atom. The number of carboxylic acid groups (broad SMARTS) is 2. The average molecular weight is 540 g/mol. The lowest BCUT2D eigenvalue weighted by Crippen LogP contribution is -2.42. The van der Waals surface area contributed by atoms with E-state index in [9.17, 15) is 26.3 Å². The van der Waals surface area contributed by atoms with E-state index in [2.05, 4.69) is 19.9 Å². The summed E-state index contributed by atoms with van der Waals surface area (Å²) in [6.45, 7) is 2.12. The van der Waals surface area contributed by atoms with Crippen LogP contribution in [0.3, 0.4) is 0 Å². The Hall–Kier alpha value is -3.53. The molecule has 2 aromatic rings. The molecular weight excluding hydrogens is 518 g/mol. The number of aromatic nitrogens is 3. The van der Waals surface area contributed by atoms with Crippen LogP contribution >= 0.6 is 0 Å². The molecule has 0 spiro atoms. The van der Waals surface area contributed by atoms with Crippen molar-refractivity contribution in [3.63, 3.8) is 0 Å². The molecule has 2 N–H and O–H groups in total. The molecule has 0 bridgehead atoms. The maximum Gasteiger partial charge on any atom is 0.490 e. The molecule has 4 rings (SSSR count). The first kappa shape index (κ1) is 29.7. The highest BCUT2D eigenvalue weighted by Gasteiger charge is 2.45. The molecule has 2 fully saturated rings. The summed E-state index contributed by atoms with van der Waals surface area (Å²) in [6.07, 6.45) is -0.709. The van der Waals surface area contributed by atoms with Crippen molar-refractivity contribution in [2.75, 3.05) is 18.1 Å². The van der Waals surface area contributed by atoms with Gasteiger partial charge < -0.3 is 24.6 Å². The zero-order chi connectivity index (χ0) is 27.6. The van der Waals surface area contributed by atoms with Gasteiger partial charge in [0.25, 0.3) is 0 Å². The molecule has 0 unspecified atom stereocenters. The molecule has 0 saturated carbocycles. The first-order valence-electron chi connectivity index (χ1n) is 10.6. The predicted molar refractivity (Wildman–Crippen MR) is 112 cm³/mol. The van der Waals surface area contributed by atoms with Crippen molar-refractivity contribution in [1.82, 2.24) is 15.0 Å². The van der Waals surface area contributed by atoms with E-state index < -0.39 is 24.3 Å².